The van der Waals surface area contributed by atoms with Gasteiger partial charge in [-0.05, 0) is 70.9 Å². The maximum absolute atomic E-state index is 12.3. The number of nitrogens with zero attached hydrogens (tertiary/aromatic N) is 2. The molecule has 3 aromatic rings. The fraction of sp³-hybridized carbons (Fsp3) is 0.472. The second-order valence-corrected chi connectivity index (χ2v) is 17.0. The fourth-order valence-electron chi connectivity index (χ4n) is 6.02. The van der Waals surface area contributed by atoms with Gasteiger partial charge >= 0.3 is 6.03 Å². The van der Waals surface area contributed by atoms with Gasteiger partial charge in [-0.1, -0.05) is 27.7 Å². The molecule has 18 heteroatoms. The highest BCUT2D eigenvalue weighted by Crippen LogP contribution is 2.41. The number of aromatic nitrogens is 3. The molecule has 2 aromatic heterocycles. The number of benzene rings is 1. The molecule has 0 bridgehead atoms. The lowest BCUT2D eigenvalue weighted by molar-refractivity contribution is -0.438. The molecule has 0 saturated heterocycles. The summed E-state index contributed by atoms with van der Waals surface area (Å²) in [6, 6.07) is 6.88. The van der Waals surface area contributed by atoms with Crippen molar-refractivity contribution in [2.75, 3.05) is 43.7 Å². The molecule has 3 heterocycles. The topological polar surface area (TPSA) is 224 Å². The first-order valence-electron chi connectivity index (χ1n) is 17.7. The first-order valence-corrected chi connectivity index (χ1v) is 21.7. The average Bonchev–Trinajstić information content (AvgIpc) is 3.61. The van der Waals surface area contributed by atoms with Crippen molar-refractivity contribution in [3.05, 3.63) is 58.0 Å². The lowest BCUT2D eigenvalue weighted by Crippen LogP contribution is -2.33. The van der Waals surface area contributed by atoms with Crippen molar-refractivity contribution in [3.63, 3.8) is 0 Å². The van der Waals surface area contributed by atoms with Gasteiger partial charge in [0, 0.05) is 68.2 Å². The van der Waals surface area contributed by atoms with Gasteiger partial charge in [-0.3, -0.25) is 24.4 Å². The Kier molecular flexibility index (Phi) is 16.1. The highest BCUT2D eigenvalue weighted by Gasteiger charge is 2.44. The largest absolute Gasteiger partial charge is 0.370 e. The monoisotopic (exact) mass is 801 g/mol. The van der Waals surface area contributed by atoms with Gasteiger partial charge in [0.1, 0.15) is 18.1 Å². The van der Waals surface area contributed by atoms with E-state index in [0.717, 1.165) is 67.8 Å². The van der Waals surface area contributed by atoms with Crippen LogP contribution in [-0.4, -0.2) is 88.1 Å². The Morgan fingerprint density at radius 1 is 1.11 bits per heavy atom. The van der Waals surface area contributed by atoms with Crippen LogP contribution >= 0.6 is 21.6 Å². The molecule has 15 nitrogen and oxygen atoms in total. The number of allylic oxidation sites excluding steroid dienone is 2. The highest BCUT2D eigenvalue weighted by molar-refractivity contribution is 8.76. The lowest BCUT2D eigenvalue weighted by atomic mass is 9.81. The third-order valence-corrected chi connectivity index (χ3v) is 11.6. The van der Waals surface area contributed by atoms with Gasteiger partial charge in [-0.2, -0.15) is 18.0 Å². The van der Waals surface area contributed by atoms with Crippen LogP contribution < -0.4 is 27.2 Å². The zero-order chi connectivity index (χ0) is 39.1. The summed E-state index contributed by atoms with van der Waals surface area (Å²) in [5.74, 6) is 4.10. The third-order valence-electron chi connectivity index (χ3n) is 8.68. The van der Waals surface area contributed by atoms with Gasteiger partial charge < -0.3 is 26.1 Å². The smallest absolute Gasteiger partial charge is 0.326 e. The summed E-state index contributed by atoms with van der Waals surface area (Å²) < 4.78 is 40.9. The van der Waals surface area contributed by atoms with Crippen molar-refractivity contribution in [2.24, 2.45) is 0 Å². The van der Waals surface area contributed by atoms with Crippen LogP contribution in [0.15, 0.2) is 46.2 Å². The van der Waals surface area contributed by atoms with E-state index in [2.05, 4.69) is 47.4 Å². The molecule has 0 saturated carbocycles. The van der Waals surface area contributed by atoms with E-state index in [4.69, 9.17) is 10.5 Å². The molecule has 0 unspecified atom stereocenters. The molecule has 1 aliphatic rings. The van der Waals surface area contributed by atoms with Crippen LogP contribution in [0, 0.1) is 12.0 Å². The number of aromatic amines is 2. The summed E-state index contributed by atoms with van der Waals surface area (Å²) in [7, 11) is -1.05. The van der Waals surface area contributed by atoms with Crippen LogP contribution in [0.3, 0.4) is 0 Å². The van der Waals surface area contributed by atoms with E-state index in [-0.39, 0.29) is 22.1 Å². The Labute approximate surface area is 323 Å². The predicted molar refractivity (Wildman–Crippen MR) is 215 cm³/mol. The van der Waals surface area contributed by atoms with E-state index in [9.17, 15) is 27.4 Å². The number of hydrogen-bond acceptors (Lipinski definition) is 10. The van der Waals surface area contributed by atoms with Crippen LogP contribution in [0.2, 0.25) is 0 Å². The molecule has 8 N–H and O–H groups in total. The second kappa shape index (κ2) is 20.4. The number of nitrogen functional groups attached to an aromatic ring is 1. The molecule has 0 spiro atoms. The highest BCUT2D eigenvalue weighted by atomic mass is 33.1. The number of carbonyl (C=O) groups excluding carboxylic acids is 2. The summed E-state index contributed by atoms with van der Waals surface area (Å²) in [6.45, 7) is 8.49. The minimum absolute atomic E-state index is 0.00250. The number of H-pyrrole nitrogens is 2. The standard InChI is InChI=1S/C36H48N8O7S3/c1-4-11-29-36(2,3)27-22-26(54(48,49)50)13-14-28(27)44(29)19-9-5-7-12-30(45)38-18-21-52-53-24-51-20-10-6-8-16-39-35(47)40-17-15-25-23-41-32-31(25)33(46)43-34(37)42-32/h4,11,13-14,22-23H,5-10,12,16,18-21,24H2,1-3H3,(H7-,37,38,39,40,41,42,43,45,46,47,48,49,50)/p+1/b11-4+. The number of amides is 3. The normalized spacial score (nSPS) is 13.6. The summed E-state index contributed by atoms with van der Waals surface area (Å²) in [5.41, 5.74) is 8.28. The Morgan fingerprint density at radius 2 is 1.91 bits per heavy atom. The summed E-state index contributed by atoms with van der Waals surface area (Å²) >= 11 is 0. The molecule has 0 aliphatic carbocycles. The number of unbranched alkanes of at least 4 members (excludes halogenated alkanes) is 4. The Hall–Kier alpha value is -4.28. The Morgan fingerprint density at radius 3 is 2.69 bits per heavy atom. The molecule has 0 radical (unpaired) electrons. The Balaban J connectivity index is 0.976. The van der Waals surface area contributed by atoms with Crippen LogP contribution in [0.1, 0.15) is 76.8 Å². The number of nitrogens with one attached hydrogen (secondary N) is 5. The van der Waals surface area contributed by atoms with Gasteiger partial charge in [0.15, 0.2) is 5.71 Å². The molecular formula is C36H49N8O7S3+. The Bertz CT molecular complexity index is 2080. The molecule has 0 atom stereocenters. The van der Waals surface area contributed by atoms with Crippen molar-refractivity contribution >= 4 is 72.0 Å². The van der Waals surface area contributed by atoms with Gasteiger partial charge in [-0.15, -0.1) is 0 Å². The lowest BCUT2D eigenvalue weighted by Gasteiger charge is -2.15. The first kappa shape index (κ1) is 42.5. The van der Waals surface area contributed by atoms with Crippen LogP contribution in [0.5, 0.6) is 0 Å². The number of hydrogen-bond donors (Lipinski definition) is 7. The van der Waals surface area contributed by atoms with Gasteiger partial charge in [0.25, 0.3) is 15.7 Å². The number of fused-ring (bicyclic) bond motifs is 2. The van der Waals surface area contributed by atoms with Crippen molar-refractivity contribution in [1.82, 2.24) is 30.9 Å². The third kappa shape index (κ3) is 12.1. The number of urea groups is 1. The molecule has 0 fully saturated rings. The average molecular weight is 802 g/mol. The van der Waals surface area contributed by atoms with Crippen molar-refractivity contribution in [2.45, 2.75) is 76.0 Å². The predicted octanol–water partition coefficient (Wildman–Crippen LogP) is 4.54. The minimum atomic E-state index is -4.30. The quantitative estimate of drug-likeness (QED) is 0.0160. The van der Waals surface area contributed by atoms with Crippen LogP contribution in [-0.2, 0) is 25.1 Å². The van der Waals surface area contributed by atoms with E-state index in [1.165, 1.54) is 12.3 Å². The van der Waals surface area contributed by atoms with Gasteiger partial charge in [0.2, 0.25) is 17.5 Å². The molecular weight excluding hydrogens is 753 g/mol. The van der Waals surface area contributed by atoms with E-state index >= 15 is 0 Å². The SMILES string of the molecule is C/C=C/C1=[N+](CCCCCC(=O)NCCSSCOCCCCCNC(=O)NC#Cc2c[nH]c3nc(N)[nH]c(=O)c23)c2ccc(S(=O)(=O)O)cc2C1(C)C. The second-order valence-electron chi connectivity index (χ2n) is 13.0. The molecule has 4 rings (SSSR count). The number of rotatable bonds is 20. The molecule has 54 heavy (non-hydrogen) atoms. The number of nitrogens with two attached hydrogens (primary N) is 1. The molecule has 1 aliphatic heterocycles. The fourth-order valence-corrected chi connectivity index (χ4v) is 8.09. The van der Waals surface area contributed by atoms with E-state index < -0.39 is 27.1 Å². The zero-order valence-electron chi connectivity index (χ0n) is 30.7. The van der Waals surface area contributed by atoms with Gasteiger partial charge in [0.05, 0.1) is 21.3 Å². The number of carbonyl (C=O) groups is 2. The molecule has 292 valence electrons. The zero-order valence-corrected chi connectivity index (χ0v) is 33.2. The van der Waals surface area contributed by atoms with E-state index in [1.807, 2.05) is 32.9 Å². The van der Waals surface area contributed by atoms with E-state index in [0.29, 0.717) is 43.3 Å². The number of ether oxygens (including phenoxy) is 1. The summed E-state index contributed by atoms with van der Waals surface area (Å²) in [4.78, 5) is 45.5. The number of anilines is 1. The minimum Gasteiger partial charge on any atom is -0.370 e. The van der Waals surface area contributed by atoms with Crippen molar-refractivity contribution in [1.29, 1.82) is 0 Å². The van der Waals surface area contributed by atoms with Crippen molar-refractivity contribution in [3.8, 4) is 12.0 Å². The first-order chi connectivity index (χ1) is 25.8. The maximum atomic E-state index is 12.3. The van der Waals surface area contributed by atoms with Crippen LogP contribution in [0.4, 0.5) is 16.4 Å². The molecule has 3 amide bonds. The molecule has 1 aromatic carbocycles. The summed E-state index contributed by atoms with van der Waals surface area (Å²) in [5, 5.41) is 8.43. The van der Waals surface area contributed by atoms with Crippen molar-refractivity contribution < 1.29 is 31.9 Å². The van der Waals surface area contributed by atoms with E-state index in [1.54, 1.807) is 33.7 Å². The maximum Gasteiger partial charge on any atom is 0.326 e. The summed E-state index contributed by atoms with van der Waals surface area (Å²) in [6.07, 6.45) is 11.1. The van der Waals surface area contributed by atoms with Crippen LogP contribution in [0.25, 0.3) is 11.0 Å². The van der Waals surface area contributed by atoms with Gasteiger partial charge in [-0.25, -0.2) is 4.79 Å².